The molecule has 0 aromatic carbocycles. The zero-order chi connectivity index (χ0) is 11.7. The predicted molar refractivity (Wildman–Crippen MR) is 63.5 cm³/mol. The molecule has 0 spiro atoms. The molecule has 0 bridgehead atoms. The Morgan fingerprint density at radius 2 is 2.00 bits per heavy atom. The van der Waals surface area contributed by atoms with Crippen LogP contribution in [0.5, 0.6) is 0 Å². The molecule has 0 aliphatic heterocycles. The van der Waals surface area contributed by atoms with Gasteiger partial charge in [0.1, 0.15) is 5.60 Å². The first kappa shape index (κ1) is 14.7. The number of carbonyl (C=O) groups excluding carboxylic acids is 1. The van der Waals surface area contributed by atoms with E-state index < -0.39 is 11.7 Å². The first-order chi connectivity index (χ1) is 6.95. The molecule has 0 aliphatic carbocycles. The molecule has 0 rings (SSSR count). The summed E-state index contributed by atoms with van der Waals surface area (Å²) >= 11 is 3.31. The van der Waals surface area contributed by atoms with Crippen molar-refractivity contribution in [1.82, 2.24) is 5.32 Å². The smallest absolute Gasteiger partial charge is 0.407 e. The van der Waals surface area contributed by atoms with E-state index in [0.717, 1.165) is 11.8 Å². The summed E-state index contributed by atoms with van der Waals surface area (Å²) in [7, 11) is 0. The molecule has 0 unspecified atom stereocenters. The number of amides is 1. The molecule has 0 fully saturated rings. The van der Waals surface area contributed by atoms with Crippen molar-refractivity contribution in [3.05, 3.63) is 0 Å². The van der Waals surface area contributed by atoms with Crippen LogP contribution in [0.1, 0.15) is 27.2 Å². The number of halogens is 1. The minimum atomic E-state index is -0.444. The van der Waals surface area contributed by atoms with Crippen LogP contribution >= 0.6 is 15.9 Å². The molecular weight excluding hydrogens is 262 g/mol. The lowest BCUT2D eigenvalue weighted by Crippen LogP contribution is -2.34. The predicted octanol–water partition coefficient (Wildman–Crippen LogP) is 2.31. The second-order valence-electron chi connectivity index (χ2n) is 4.08. The van der Waals surface area contributed by atoms with E-state index in [1.54, 1.807) is 0 Å². The minimum absolute atomic E-state index is 0.397. The number of ether oxygens (including phenoxy) is 2. The molecule has 0 heterocycles. The maximum Gasteiger partial charge on any atom is 0.407 e. The third-order valence-corrected chi connectivity index (χ3v) is 1.90. The number of rotatable bonds is 6. The van der Waals surface area contributed by atoms with Gasteiger partial charge in [-0.1, -0.05) is 15.9 Å². The van der Waals surface area contributed by atoms with Crippen LogP contribution < -0.4 is 5.32 Å². The summed E-state index contributed by atoms with van der Waals surface area (Å²) in [4.78, 5) is 11.2. The van der Waals surface area contributed by atoms with Gasteiger partial charge in [0.2, 0.25) is 0 Å². The number of alkyl halides is 1. The monoisotopic (exact) mass is 281 g/mol. The second-order valence-corrected chi connectivity index (χ2v) is 4.88. The summed E-state index contributed by atoms with van der Waals surface area (Å²) in [6.45, 7) is 7.21. The highest BCUT2D eigenvalue weighted by molar-refractivity contribution is 9.09. The molecule has 15 heavy (non-hydrogen) atoms. The van der Waals surface area contributed by atoms with Crippen LogP contribution in [0.15, 0.2) is 0 Å². The summed E-state index contributed by atoms with van der Waals surface area (Å²) in [5, 5.41) is 3.56. The summed E-state index contributed by atoms with van der Waals surface area (Å²) in [5.74, 6) is 0. The van der Waals surface area contributed by atoms with Crippen molar-refractivity contribution in [2.24, 2.45) is 0 Å². The third kappa shape index (κ3) is 11.6. The second kappa shape index (κ2) is 7.93. The van der Waals surface area contributed by atoms with Gasteiger partial charge in [-0.3, -0.25) is 0 Å². The van der Waals surface area contributed by atoms with Crippen LogP contribution in [0.25, 0.3) is 0 Å². The lowest BCUT2D eigenvalue weighted by atomic mass is 10.2. The van der Waals surface area contributed by atoms with E-state index in [9.17, 15) is 4.79 Å². The van der Waals surface area contributed by atoms with Crippen molar-refractivity contribution in [1.29, 1.82) is 0 Å². The molecule has 4 nitrogen and oxygen atoms in total. The Kier molecular flexibility index (Phi) is 7.78. The van der Waals surface area contributed by atoms with Crippen molar-refractivity contribution in [2.45, 2.75) is 32.8 Å². The highest BCUT2D eigenvalue weighted by Gasteiger charge is 2.15. The van der Waals surface area contributed by atoms with Crippen LogP contribution in [-0.2, 0) is 9.47 Å². The van der Waals surface area contributed by atoms with Gasteiger partial charge in [-0.25, -0.2) is 4.79 Å². The molecule has 1 N–H and O–H groups in total. The maximum atomic E-state index is 11.2. The number of nitrogens with one attached hydrogen (secondary N) is 1. The van der Waals surface area contributed by atoms with Crippen molar-refractivity contribution in [3.8, 4) is 0 Å². The van der Waals surface area contributed by atoms with Crippen LogP contribution in [0.4, 0.5) is 4.79 Å². The fraction of sp³-hybridized carbons (Fsp3) is 0.900. The van der Waals surface area contributed by atoms with E-state index in [4.69, 9.17) is 9.47 Å². The van der Waals surface area contributed by atoms with Gasteiger partial charge in [-0.05, 0) is 27.2 Å². The summed E-state index contributed by atoms with van der Waals surface area (Å²) in [5.41, 5.74) is -0.444. The van der Waals surface area contributed by atoms with Crippen molar-refractivity contribution in [3.63, 3.8) is 0 Å². The number of hydrogen-bond acceptors (Lipinski definition) is 3. The van der Waals surface area contributed by atoms with Gasteiger partial charge in [0.05, 0.1) is 6.61 Å². The van der Waals surface area contributed by atoms with Gasteiger partial charge in [-0.15, -0.1) is 0 Å². The molecule has 0 aromatic heterocycles. The van der Waals surface area contributed by atoms with Gasteiger partial charge in [0.25, 0.3) is 0 Å². The molecule has 0 saturated heterocycles. The van der Waals surface area contributed by atoms with Crippen molar-refractivity contribution in [2.75, 3.05) is 25.1 Å². The fourth-order valence-electron chi connectivity index (χ4n) is 0.798. The van der Waals surface area contributed by atoms with Gasteiger partial charge < -0.3 is 14.8 Å². The molecule has 0 aromatic rings. The molecule has 0 radical (unpaired) electrons. The standard InChI is InChI=1S/C10H20BrNO3/c1-10(2,3)15-9(13)12-6-8-14-7-4-5-11/h4-8H2,1-3H3,(H,12,13). The zero-order valence-electron chi connectivity index (χ0n) is 9.64. The Labute approximate surface area is 99.8 Å². The number of carbonyl (C=O) groups is 1. The third-order valence-electron chi connectivity index (χ3n) is 1.34. The summed E-state index contributed by atoms with van der Waals surface area (Å²) in [6, 6.07) is 0. The van der Waals surface area contributed by atoms with Gasteiger partial charge in [0.15, 0.2) is 0 Å². The largest absolute Gasteiger partial charge is 0.444 e. The maximum absolute atomic E-state index is 11.2. The number of alkyl carbamates (subject to hydrolysis) is 1. The SMILES string of the molecule is CC(C)(C)OC(=O)NCCOCCCBr. The van der Waals surface area contributed by atoms with E-state index in [1.807, 2.05) is 20.8 Å². The van der Waals surface area contributed by atoms with E-state index in [1.165, 1.54) is 0 Å². The summed E-state index contributed by atoms with van der Waals surface area (Å²) < 4.78 is 10.3. The first-order valence-electron chi connectivity index (χ1n) is 5.06. The Hall–Kier alpha value is -0.290. The topological polar surface area (TPSA) is 47.6 Å². The van der Waals surface area contributed by atoms with E-state index in [-0.39, 0.29) is 0 Å². The van der Waals surface area contributed by atoms with Gasteiger partial charge in [-0.2, -0.15) is 0 Å². The molecule has 5 heteroatoms. The normalized spacial score (nSPS) is 11.2. The number of hydrogen-bond donors (Lipinski definition) is 1. The Balaban J connectivity index is 3.32. The van der Waals surface area contributed by atoms with Crippen LogP contribution in [0.2, 0.25) is 0 Å². The molecule has 0 atom stereocenters. The first-order valence-corrected chi connectivity index (χ1v) is 6.18. The Morgan fingerprint density at radius 3 is 2.53 bits per heavy atom. The van der Waals surface area contributed by atoms with E-state index in [0.29, 0.717) is 19.8 Å². The van der Waals surface area contributed by atoms with Crippen LogP contribution in [0, 0.1) is 0 Å². The highest BCUT2D eigenvalue weighted by Crippen LogP contribution is 2.05. The van der Waals surface area contributed by atoms with Crippen molar-refractivity contribution < 1.29 is 14.3 Å². The summed E-state index contributed by atoms with van der Waals surface area (Å²) in [6.07, 6.45) is 0.582. The Bertz CT molecular complexity index is 180. The average Bonchev–Trinajstić information content (AvgIpc) is 2.08. The minimum Gasteiger partial charge on any atom is -0.444 e. The average molecular weight is 282 g/mol. The fourth-order valence-corrected chi connectivity index (χ4v) is 1.03. The van der Waals surface area contributed by atoms with Gasteiger partial charge >= 0.3 is 6.09 Å². The van der Waals surface area contributed by atoms with Crippen LogP contribution in [0.3, 0.4) is 0 Å². The van der Waals surface area contributed by atoms with E-state index in [2.05, 4.69) is 21.2 Å². The Morgan fingerprint density at radius 1 is 1.33 bits per heavy atom. The van der Waals surface area contributed by atoms with E-state index >= 15 is 0 Å². The molecular formula is C10H20BrNO3. The molecule has 0 saturated carbocycles. The quantitative estimate of drug-likeness (QED) is 0.600. The van der Waals surface area contributed by atoms with Crippen molar-refractivity contribution >= 4 is 22.0 Å². The lowest BCUT2D eigenvalue weighted by molar-refractivity contribution is 0.0500. The zero-order valence-corrected chi connectivity index (χ0v) is 11.2. The molecule has 90 valence electrons. The van der Waals surface area contributed by atoms with Gasteiger partial charge in [0, 0.05) is 18.5 Å². The van der Waals surface area contributed by atoms with Crippen LogP contribution in [-0.4, -0.2) is 36.8 Å². The molecule has 1 amide bonds. The molecule has 0 aliphatic rings. The lowest BCUT2D eigenvalue weighted by Gasteiger charge is -2.19. The highest BCUT2D eigenvalue weighted by atomic mass is 79.9.